The standard InChI is InChI=1S/C11H6INO.C11H7NO.C4H8O/c12-8-5-6-13-10-7-3-1-2-4-9(7)14-11(8)10;1-2-5-9-8(4-1)11-10(13-9)6-3-7-12-11;1-2-4-5-3-1/h1-6H;1-7H;1-4H2. The molecule has 4 aromatic heterocycles. The second kappa shape index (κ2) is 9.67. The molecular formula is C26H21IN2O3. The monoisotopic (exact) mass is 536 g/mol. The number of benzene rings is 2. The molecule has 0 atom stereocenters. The van der Waals surface area contributed by atoms with Crippen LogP contribution in [0, 0.1) is 3.57 Å². The maximum atomic E-state index is 5.71. The summed E-state index contributed by atoms with van der Waals surface area (Å²) >= 11 is 2.26. The lowest BCUT2D eigenvalue weighted by molar-refractivity contribution is 0.198. The quantitative estimate of drug-likeness (QED) is 0.190. The van der Waals surface area contributed by atoms with Gasteiger partial charge in [-0.15, -0.1) is 0 Å². The molecule has 0 unspecified atom stereocenters. The maximum absolute atomic E-state index is 5.71. The van der Waals surface area contributed by atoms with Gasteiger partial charge in [0.05, 0.1) is 3.57 Å². The molecule has 0 bridgehead atoms. The molecule has 6 heteroatoms. The highest BCUT2D eigenvalue weighted by Crippen LogP contribution is 2.29. The van der Waals surface area contributed by atoms with Gasteiger partial charge >= 0.3 is 0 Å². The highest BCUT2D eigenvalue weighted by molar-refractivity contribution is 14.1. The molecule has 1 aliphatic heterocycles. The van der Waals surface area contributed by atoms with E-state index in [0.29, 0.717) is 0 Å². The summed E-state index contributed by atoms with van der Waals surface area (Å²) in [6, 6.07) is 21.7. The van der Waals surface area contributed by atoms with Crippen LogP contribution in [0.5, 0.6) is 0 Å². The number of aromatic nitrogens is 2. The minimum absolute atomic E-state index is 0.851. The molecule has 7 rings (SSSR count). The Labute approximate surface area is 198 Å². The number of halogens is 1. The first-order valence-corrected chi connectivity index (χ1v) is 11.6. The second-order valence-corrected chi connectivity index (χ2v) is 8.50. The van der Waals surface area contributed by atoms with Crippen molar-refractivity contribution in [1.82, 2.24) is 9.97 Å². The smallest absolute Gasteiger partial charge is 0.167 e. The molecule has 32 heavy (non-hydrogen) atoms. The zero-order chi connectivity index (χ0) is 21.8. The molecule has 0 saturated carbocycles. The van der Waals surface area contributed by atoms with Crippen LogP contribution >= 0.6 is 22.6 Å². The summed E-state index contributed by atoms with van der Waals surface area (Å²) in [4.78, 5) is 8.61. The van der Waals surface area contributed by atoms with E-state index in [9.17, 15) is 0 Å². The molecule has 2 aromatic carbocycles. The predicted octanol–water partition coefficient (Wildman–Crippen LogP) is 7.36. The van der Waals surface area contributed by atoms with E-state index >= 15 is 0 Å². The number of nitrogens with zero attached hydrogens (tertiary/aromatic N) is 2. The van der Waals surface area contributed by atoms with E-state index in [4.69, 9.17) is 13.6 Å². The van der Waals surface area contributed by atoms with Crippen LogP contribution in [0.2, 0.25) is 0 Å². The lowest BCUT2D eigenvalue weighted by atomic mass is 10.2. The van der Waals surface area contributed by atoms with Gasteiger partial charge in [0, 0.05) is 36.4 Å². The highest BCUT2D eigenvalue weighted by atomic mass is 127. The third kappa shape index (κ3) is 4.33. The number of pyridine rings is 2. The number of fused-ring (bicyclic) bond motifs is 6. The Bertz CT molecular complexity index is 1430. The molecule has 6 aromatic rings. The van der Waals surface area contributed by atoms with Crippen LogP contribution in [0.15, 0.2) is 88.0 Å². The van der Waals surface area contributed by atoms with Crippen LogP contribution in [-0.4, -0.2) is 23.2 Å². The van der Waals surface area contributed by atoms with Crippen molar-refractivity contribution in [2.45, 2.75) is 12.8 Å². The Morgan fingerprint density at radius 3 is 1.97 bits per heavy atom. The number of furan rings is 2. The first kappa shape index (κ1) is 20.9. The summed E-state index contributed by atoms with van der Waals surface area (Å²) in [5.41, 5.74) is 5.43. The molecule has 1 aliphatic rings. The van der Waals surface area contributed by atoms with Crippen molar-refractivity contribution in [2.75, 3.05) is 13.2 Å². The minimum atomic E-state index is 0.851. The third-order valence-electron chi connectivity index (χ3n) is 5.17. The fraction of sp³-hybridized carbons (Fsp3) is 0.154. The zero-order valence-corrected chi connectivity index (χ0v) is 19.5. The minimum Gasteiger partial charge on any atom is -0.454 e. The number of ether oxygens (including phenoxy) is 1. The van der Waals surface area contributed by atoms with E-state index in [0.717, 1.165) is 60.9 Å². The van der Waals surface area contributed by atoms with Gasteiger partial charge in [-0.2, -0.15) is 0 Å². The summed E-state index contributed by atoms with van der Waals surface area (Å²) in [5, 5.41) is 2.17. The van der Waals surface area contributed by atoms with Crippen molar-refractivity contribution in [1.29, 1.82) is 0 Å². The van der Waals surface area contributed by atoms with Crippen molar-refractivity contribution in [2.24, 2.45) is 0 Å². The van der Waals surface area contributed by atoms with Crippen molar-refractivity contribution < 1.29 is 13.6 Å². The Morgan fingerprint density at radius 1 is 0.625 bits per heavy atom. The van der Waals surface area contributed by atoms with Crippen molar-refractivity contribution in [3.8, 4) is 0 Å². The molecule has 0 radical (unpaired) electrons. The molecule has 1 fully saturated rings. The number of rotatable bonds is 0. The van der Waals surface area contributed by atoms with E-state index in [1.165, 1.54) is 12.8 Å². The Kier molecular flexibility index (Phi) is 6.31. The average Bonchev–Trinajstić information content (AvgIpc) is 3.59. The molecule has 5 heterocycles. The summed E-state index contributed by atoms with van der Waals surface area (Å²) < 4.78 is 17.3. The fourth-order valence-electron chi connectivity index (χ4n) is 3.63. The van der Waals surface area contributed by atoms with Gasteiger partial charge in [0.25, 0.3) is 0 Å². The fourth-order valence-corrected chi connectivity index (χ4v) is 4.16. The van der Waals surface area contributed by atoms with E-state index < -0.39 is 0 Å². The second-order valence-electron chi connectivity index (χ2n) is 7.34. The normalized spacial score (nSPS) is 13.2. The van der Waals surface area contributed by atoms with Gasteiger partial charge in [-0.25, -0.2) is 0 Å². The van der Waals surface area contributed by atoms with E-state index in [1.807, 2.05) is 72.9 Å². The van der Waals surface area contributed by atoms with Gasteiger partial charge < -0.3 is 13.6 Å². The van der Waals surface area contributed by atoms with Crippen LogP contribution in [0.25, 0.3) is 44.1 Å². The average molecular weight is 536 g/mol. The van der Waals surface area contributed by atoms with Gasteiger partial charge in [-0.3, -0.25) is 9.97 Å². The lowest BCUT2D eigenvalue weighted by Gasteiger charge is -1.89. The zero-order valence-electron chi connectivity index (χ0n) is 17.3. The third-order valence-corrected chi connectivity index (χ3v) is 6.02. The van der Waals surface area contributed by atoms with Gasteiger partial charge in [0.15, 0.2) is 11.2 Å². The topological polar surface area (TPSA) is 61.3 Å². The first-order chi connectivity index (χ1) is 15.8. The molecule has 1 saturated heterocycles. The lowest BCUT2D eigenvalue weighted by Crippen LogP contribution is -1.75. The molecule has 160 valence electrons. The molecule has 0 amide bonds. The first-order valence-electron chi connectivity index (χ1n) is 10.5. The Balaban J connectivity index is 0.000000112. The number of para-hydroxylation sites is 2. The van der Waals surface area contributed by atoms with Gasteiger partial charge in [-0.1, -0.05) is 24.3 Å². The van der Waals surface area contributed by atoms with Crippen molar-refractivity contribution in [3.63, 3.8) is 0 Å². The summed E-state index contributed by atoms with van der Waals surface area (Å²) in [7, 11) is 0. The van der Waals surface area contributed by atoms with Gasteiger partial charge in [0.1, 0.15) is 22.2 Å². The largest absolute Gasteiger partial charge is 0.454 e. The van der Waals surface area contributed by atoms with E-state index in [1.54, 1.807) is 6.20 Å². The van der Waals surface area contributed by atoms with Crippen LogP contribution < -0.4 is 0 Å². The number of hydrogen-bond donors (Lipinski definition) is 0. The molecule has 5 nitrogen and oxygen atoms in total. The van der Waals surface area contributed by atoms with Crippen molar-refractivity contribution in [3.05, 3.63) is 82.7 Å². The Morgan fingerprint density at radius 2 is 1.25 bits per heavy atom. The van der Waals surface area contributed by atoms with E-state index in [2.05, 4.69) is 32.6 Å². The van der Waals surface area contributed by atoms with Crippen LogP contribution in [0.1, 0.15) is 12.8 Å². The summed E-state index contributed by atoms with van der Waals surface area (Å²) in [6.07, 6.45) is 6.15. The predicted molar refractivity (Wildman–Crippen MR) is 136 cm³/mol. The van der Waals surface area contributed by atoms with Crippen LogP contribution in [0.4, 0.5) is 0 Å². The van der Waals surface area contributed by atoms with Crippen molar-refractivity contribution >= 4 is 66.7 Å². The molecule has 0 aliphatic carbocycles. The van der Waals surface area contributed by atoms with Gasteiger partial charge in [0.2, 0.25) is 0 Å². The molecule has 0 spiro atoms. The molecule has 0 N–H and O–H groups in total. The van der Waals surface area contributed by atoms with Gasteiger partial charge in [-0.05, 0) is 77.9 Å². The van der Waals surface area contributed by atoms with Crippen LogP contribution in [0.3, 0.4) is 0 Å². The molecular weight excluding hydrogens is 515 g/mol. The SMILES string of the molecule is C1CCOC1.Ic1ccnc2c1oc1ccccc12.c1ccc2c(c1)oc1cccnc12. The Hall–Kier alpha value is -2.97. The highest BCUT2D eigenvalue weighted by Gasteiger charge is 2.09. The summed E-state index contributed by atoms with van der Waals surface area (Å²) in [5.74, 6) is 0. The number of hydrogen-bond acceptors (Lipinski definition) is 5. The van der Waals surface area contributed by atoms with Crippen LogP contribution in [-0.2, 0) is 4.74 Å². The summed E-state index contributed by atoms with van der Waals surface area (Å²) in [6.45, 7) is 2.00. The van der Waals surface area contributed by atoms with E-state index in [-0.39, 0.29) is 0 Å². The maximum Gasteiger partial charge on any atom is 0.167 e.